The van der Waals surface area contributed by atoms with E-state index in [1.54, 1.807) is 7.11 Å². The van der Waals surface area contributed by atoms with Crippen LogP contribution >= 0.6 is 0 Å². The highest BCUT2D eigenvalue weighted by atomic mass is 16.5. The average Bonchev–Trinajstić information content (AvgIpc) is 2.16. The van der Waals surface area contributed by atoms with Crippen LogP contribution in [-0.2, 0) is 4.74 Å². The van der Waals surface area contributed by atoms with E-state index in [4.69, 9.17) is 10.5 Å². The molecular formula is C10H24N2O. The fourth-order valence-corrected chi connectivity index (χ4v) is 1.42. The van der Waals surface area contributed by atoms with Gasteiger partial charge in [-0.05, 0) is 27.3 Å². The standard InChI is InChI=1S/C10H24N2O/c1-6-10(3,8-11)12(4)9(2)7-13-5/h9H,6-8,11H2,1-5H3. The van der Waals surface area contributed by atoms with E-state index in [1.807, 2.05) is 0 Å². The Kier molecular flexibility index (Phi) is 5.53. The van der Waals surface area contributed by atoms with Gasteiger partial charge < -0.3 is 10.5 Å². The molecule has 80 valence electrons. The third kappa shape index (κ3) is 3.25. The Balaban J connectivity index is 4.27. The number of methoxy groups -OCH3 is 1. The minimum absolute atomic E-state index is 0.0952. The van der Waals surface area contributed by atoms with Gasteiger partial charge in [0, 0.05) is 25.2 Å². The summed E-state index contributed by atoms with van der Waals surface area (Å²) in [6.07, 6.45) is 1.06. The fraction of sp³-hybridized carbons (Fsp3) is 1.00. The molecular weight excluding hydrogens is 164 g/mol. The van der Waals surface area contributed by atoms with Crippen LogP contribution in [0.25, 0.3) is 0 Å². The summed E-state index contributed by atoms with van der Waals surface area (Å²) < 4.78 is 5.13. The van der Waals surface area contributed by atoms with Crippen molar-refractivity contribution in [2.45, 2.75) is 38.8 Å². The molecule has 0 rings (SSSR count). The molecule has 2 atom stereocenters. The zero-order valence-electron chi connectivity index (χ0n) is 9.63. The molecule has 0 aliphatic carbocycles. The maximum Gasteiger partial charge on any atom is 0.0615 e. The molecule has 0 heterocycles. The summed E-state index contributed by atoms with van der Waals surface area (Å²) in [6.45, 7) is 7.97. The minimum atomic E-state index is 0.0952. The number of hydrogen-bond acceptors (Lipinski definition) is 3. The first kappa shape index (κ1) is 12.9. The van der Waals surface area contributed by atoms with Crippen LogP contribution in [0.3, 0.4) is 0 Å². The fourth-order valence-electron chi connectivity index (χ4n) is 1.42. The summed E-state index contributed by atoms with van der Waals surface area (Å²) in [4.78, 5) is 2.30. The Labute approximate surface area is 82.2 Å². The Morgan fingerprint density at radius 1 is 1.54 bits per heavy atom. The molecule has 0 spiro atoms. The van der Waals surface area contributed by atoms with E-state index >= 15 is 0 Å². The van der Waals surface area contributed by atoms with Crippen LogP contribution in [0.1, 0.15) is 27.2 Å². The molecule has 2 unspecified atom stereocenters. The molecule has 0 saturated heterocycles. The lowest BCUT2D eigenvalue weighted by molar-refractivity contribution is 0.0453. The van der Waals surface area contributed by atoms with Crippen molar-refractivity contribution in [3.63, 3.8) is 0 Å². The van der Waals surface area contributed by atoms with Crippen molar-refractivity contribution in [3.05, 3.63) is 0 Å². The van der Waals surface area contributed by atoms with Crippen LogP contribution in [0.5, 0.6) is 0 Å². The topological polar surface area (TPSA) is 38.5 Å². The van der Waals surface area contributed by atoms with Crippen molar-refractivity contribution < 1.29 is 4.74 Å². The van der Waals surface area contributed by atoms with Crippen LogP contribution in [0, 0.1) is 0 Å². The molecule has 0 aromatic heterocycles. The molecule has 0 radical (unpaired) electrons. The van der Waals surface area contributed by atoms with Gasteiger partial charge in [-0.25, -0.2) is 0 Å². The van der Waals surface area contributed by atoms with Gasteiger partial charge in [-0.1, -0.05) is 6.92 Å². The van der Waals surface area contributed by atoms with Crippen LogP contribution < -0.4 is 5.73 Å². The van der Waals surface area contributed by atoms with Crippen molar-refractivity contribution in [1.82, 2.24) is 4.90 Å². The van der Waals surface area contributed by atoms with Gasteiger partial charge in [0.2, 0.25) is 0 Å². The Morgan fingerprint density at radius 3 is 2.38 bits per heavy atom. The molecule has 0 aromatic rings. The lowest BCUT2D eigenvalue weighted by Crippen LogP contribution is -2.53. The zero-order chi connectivity index (χ0) is 10.5. The average molecular weight is 188 g/mol. The SMILES string of the molecule is CCC(C)(CN)N(C)C(C)COC. The third-order valence-corrected chi connectivity index (χ3v) is 3.12. The van der Waals surface area contributed by atoms with Crippen LogP contribution in [0.15, 0.2) is 0 Å². The van der Waals surface area contributed by atoms with E-state index in [9.17, 15) is 0 Å². The third-order valence-electron chi connectivity index (χ3n) is 3.12. The quantitative estimate of drug-likeness (QED) is 0.678. The molecule has 0 aromatic carbocycles. The molecule has 2 N–H and O–H groups in total. The molecule has 0 amide bonds. The lowest BCUT2D eigenvalue weighted by Gasteiger charge is -2.41. The van der Waals surface area contributed by atoms with Gasteiger partial charge >= 0.3 is 0 Å². The second kappa shape index (κ2) is 5.58. The van der Waals surface area contributed by atoms with Gasteiger partial charge in [-0.3, -0.25) is 4.90 Å². The number of rotatable bonds is 6. The Bertz CT molecular complexity index is 135. The Morgan fingerprint density at radius 2 is 2.08 bits per heavy atom. The molecule has 0 aliphatic heterocycles. The summed E-state index contributed by atoms with van der Waals surface area (Å²) >= 11 is 0. The molecule has 13 heavy (non-hydrogen) atoms. The zero-order valence-corrected chi connectivity index (χ0v) is 9.63. The maximum atomic E-state index is 5.77. The minimum Gasteiger partial charge on any atom is -0.383 e. The number of ether oxygens (including phenoxy) is 1. The largest absolute Gasteiger partial charge is 0.383 e. The first-order valence-electron chi connectivity index (χ1n) is 4.93. The Hall–Kier alpha value is -0.120. The molecule has 0 bridgehead atoms. The summed E-state index contributed by atoms with van der Waals surface area (Å²) in [7, 11) is 3.84. The molecule has 0 saturated carbocycles. The summed E-state index contributed by atoms with van der Waals surface area (Å²) in [5.74, 6) is 0. The van der Waals surface area contributed by atoms with E-state index in [1.165, 1.54) is 0 Å². The van der Waals surface area contributed by atoms with Crippen molar-refractivity contribution >= 4 is 0 Å². The van der Waals surface area contributed by atoms with Gasteiger partial charge in [-0.15, -0.1) is 0 Å². The van der Waals surface area contributed by atoms with Gasteiger partial charge in [-0.2, -0.15) is 0 Å². The summed E-state index contributed by atoms with van der Waals surface area (Å²) in [6, 6.07) is 0.415. The van der Waals surface area contributed by atoms with Crippen molar-refractivity contribution in [2.24, 2.45) is 5.73 Å². The molecule has 3 heteroatoms. The monoisotopic (exact) mass is 188 g/mol. The van der Waals surface area contributed by atoms with Gasteiger partial charge in [0.15, 0.2) is 0 Å². The van der Waals surface area contributed by atoms with Crippen LogP contribution in [0.4, 0.5) is 0 Å². The van der Waals surface area contributed by atoms with Crippen molar-refractivity contribution in [2.75, 3.05) is 27.3 Å². The maximum absolute atomic E-state index is 5.77. The number of nitrogens with zero attached hydrogens (tertiary/aromatic N) is 1. The van der Waals surface area contributed by atoms with Gasteiger partial charge in [0.1, 0.15) is 0 Å². The van der Waals surface area contributed by atoms with Crippen molar-refractivity contribution in [1.29, 1.82) is 0 Å². The number of nitrogens with two attached hydrogens (primary N) is 1. The lowest BCUT2D eigenvalue weighted by atomic mass is 9.95. The van der Waals surface area contributed by atoms with E-state index in [2.05, 4.69) is 32.7 Å². The normalized spacial score (nSPS) is 18.7. The number of hydrogen-bond donors (Lipinski definition) is 1. The van der Waals surface area contributed by atoms with Crippen LogP contribution in [0.2, 0.25) is 0 Å². The summed E-state index contributed by atoms with van der Waals surface area (Å²) in [5, 5.41) is 0. The molecule has 0 fully saturated rings. The van der Waals surface area contributed by atoms with E-state index < -0.39 is 0 Å². The second-order valence-corrected chi connectivity index (χ2v) is 3.97. The molecule has 3 nitrogen and oxygen atoms in total. The predicted molar refractivity (Wildman–Crippen MR) is 56.9 cm³/mol. The van der Waals surface area contributed by atoms with Crippen molar-refractivity contribution in [3.8, 4) is 0 Å². The smallest absolute Gasteiger partial charge is 0.0615 e. The van der Waals surface area contributed by atoms with Gasteiger partial charge in [0.25, 0.3) is 0 Å². The first-order valence-corrected chi connectivity index (χ1v) is 4.93. The highest BCUT2D eigenvalue weighted by molar-refractivity contribution is 4.86. The first-order chi connectivity index (χ1) is 6.01. The van der Waals surface area contributed by atoms with E-state index in [-0.39, 0.29) is 5.54 Å². The van der Waals surface area contributed by atoms with E-state index in [0.29, 0.717) is 12.6 Å². The van der Waals surface area contributed by atoms with Gasteiger partial charge in [0.05, 0.1) is 6.61 Å². The molecule has 0 aliphatic rings. The highest BCUT2D eigenvalue weighted by Gasteiger charge is 2.28. The van der Waals surface area contributed by atoms with E-state index in [0.717, 1.165) is 13.0 Å². The second-order valence-electron chi connectivity index (χ2n) is 3.97. The summed E-state index contributed by atoms with van der Waals surface area (Å²) in [5.41, 5.74) is 5.87. The highest BCUT2D eigenvalue weighted by Crippen LogP contribution is 2.18. The predicted octanol–water partition coefficient (Wildman–Crippen LogP) is 1.08. The van der Waals surface area contributed by atoms with Crippen LogP contribution in [-0.4, -0.2) is 43.8 Å². The number of likely N-dealkylation sites (N-methyl/N-ethyl adjacent to an activating group) is 1.